The Morgan fingerprint density at radius 2 is 1.69 bits per heavy atom. The molecule has 0 radical (unpaired) electrons. The van der Waals surface area contributed by atoms with Gasteiger partial charge in [-0.15, -0.1) is 0 Å². The fraction of sp³-hybridized carbons (Fsp3) is 0.217. The van der Waals surface area contributed by atoms with Gasteiger partial charge in [0.05, 0.1) is 6.42 Å². The summed E-state index contributed by atoms with van der Waals surface area (Å²) in [6.07, 6.45) is 0.177. The Hall–Kier alpha value is -3.12. The van der Waals surface area contributed by atoms with Crippen LogP contribution in [0.5, 0.6) is 0 Å². The highest BCUT2D eigenvalue weighted by molar-refractivity contribution is 7.08. The second kappa shape index (κ2) is 9.89. The molecule has 1 amide bonds. The van der Waals surface area contributed by atoms with E-state index < -0.39 is 5.97 Å². The minimum atomic E-state index is -0.413. The van der Waals surface area contributed by atoms with Gasteiger partial charge in [0, 0.05) is 23.1 Å². The first-order valence-electron chi connectivity index (χ1n) is 9.44. The number of esters is 1. The lowest BCUT2D eigenvalue weighted by atomic mass is 10.2. The standard InChI is InChI=1S/C23H24N2O3S/c1-17(2)25(20-6-4-3-5-7-20)21-10-8-19(9-11-21)24-22(26)15-28-23(27)14-18-12-13-29-16-18/h3-13,16-17H,14-15H2,1-2H3,(H,24,26). The summed E-state index contributed by atoms with van der Waals surface area (Å²) in [6.45, 7) is 3.97. The zero-order chi connectivity index (χ0) is 20.6. The monoisotopic (exact) mass is 408 g/mol. The van der Waals surface area contributed by atoms with Crippen molar-refractivity contribution in [1.29, 1.82) is 0 Å². The van der Waals surface area contributed by atoms with E-state index in [0.717, 1.165) is 16.9 Å². The maximum Gasteiger partial charge on any atom is 0.310 e. The minimum Gasteiger partial charge on any atom is -0.455 e. The molecule has 5 nitrogen and oxygen atoms in total. The van der Waals surface area contributed by atoms with Crippen molar-refractivity contribution in [1.82, 2.24) is 0 Å². The Balaban J connectivity index is 1.55. The molecule has 2 aromatic carbocycles. The molecule has 0 atom stereocenters. The lowest BCUT2D eigenvalue weighted by molar-refractivity contribution is -0.146. The molecule has 0 saturated carbocycles. The van der Waals surface area contributed by atoms with Crippen LogP contribution in [0.15, 0.2) is 71.4 Å². The first-order chi connectivity index (χ1) is 14.0. The highest BCUT2D eigenvalue weighted by Crippen LogP contribution is 2.28. The average Bonchev–Trinajstić information content (AvgIpc) is 3.21. The van der Waals surface area contributed by atoms with Crippen LogP contribution in [0, 0.1) is 0 Å². The lowest BCUT2D eigenvalue weighted by Gasteiger charge is -2.29. The molecule has 0 aliphatic heterocycles. The number of amides is 1. The third kappa shape index (κ3) is 5.93. The number of thiophene rings is 1. The summed E-state index contributed by atoms with van der Waals surface area (Å²) in [5.41, 5.74) is 3.69. The molecule has 1 heterocycles. The van der Waals surface area contributed by atoms with Gasteiger partial charge in [0.2, 0.25) is 0 Å². The number of carbonyl (C=O) groups is 2. The van der Waals surface area contributed by atoms with E-state index in [2.05, 4.69) is 36.2 Å². The van der Waals surface area contributed by atoms with Gasteiger partial charge < -0.3 is 15.0 Å². The SMILES string of the molecule is CC(C)N(c1ccccc1)c1ccc(NC(=O)COC(=O)Cc2ccsc2)cc1. The lowest BCUT2D eigenvalue weighted by Crippen LogP contribution is -2.25. The first-order valence-corrected chi connectivity index (χ1v) is 10.4. The quantitative estimate of drug-likeness (QED) is 0.532. The van der Waals surface area contributed by atoms with Gasteiger partial charge in [0.1, 0.15) is 0 Å². The molecule has 0 unspecified atom stereocenters. The Kier molecular flexibility index (Phi) is 7.03. The van der Waals surface area contributed by atoms with Crippen LogP contribution in [0.25, 0.3) is 0 Å². The zero-order valence-electron chi connectivity index (χ0n) is 16.5. The van der Waals surface area contributed by atoms with Crippen LogP contribution >= 0.6 is 11.3 Å². The Bertz CT molecular complexity index is 923. The first kappa shape index (κ1) is 20.6. The molecule has 0 saturated heterocycles. The topological polar surface area (TPSA) is 58.6 Å². The van der Waals surface area contributed by atoms with Crippen molar-refractivity contribution in [3.8, 4) is 0 Å². The van der Waals surface area contributed by atoms with Gasteiger partial charge in [-0.2, -0.15) is 11.3 Å². The van der Waals surface area contributed by atoms with Gasteiger partial charge in [-0.05, 0) is 72.6 Å². The number of nitrogens with one attached hydrogen (secondary N) is 1. The zero-order valence-corrected chi connectivity index (χ0v) is 17.3. The van der Waals surface area contributed by atoms with Gasteiger partial charge in [0.25, 0.3) is 5.91 Å². The van der Waals surface area contributed by atoms with E-state index in [1.807, 2.05) is 59.3 Å². The number of hydrogen-bond donors (Lipinski definition) is 1. The van der Waals surface area contributed by atoms with E-state index in [9.17, 15) is 9.59 Å². The molecule has 1 aromatic heterocycles. The number of benzene rings is 2. The third-order valence-corrected chi connectivity index (χ3v) is 5.00. The van der Waals surface area contributed by atoms with Crippen molar-refractivity contribution in [2.75, 3.05) is 16.8 Å². The number of rotatable bonds is 8. The van der Waals surface area contributed by atoms with Crippen molar-refractivity contribution in [3.63, 3.8) is 0 Å². The second-order valence-electron chi connectivity index (χ2n) is 6.86. The largest absolute Gasteiger partial charge is 0.455 e. The van der Waals surface area contributed by atoms with E-state index >= 15 is 0 Å². The van der Waals surface area contributed by atoms with Gasteiger partial charge in [-0.3, -0.25) is 9.59 Å². The van der Waals surface area contributed by atoms with Crippen LogP contribution in [-0.4, -0.2) is 24.5 Å². The number of nitrogens with zero attached hydrogens (tertiary/aromatic N) is 1. The molecule has 0 aliphatic carbocycles. The number of carbonyl (C=O) groups excluding carboxylic acids is 2. The molecular formula is C23H24N2O3S. The molecule has 0 aliphatic rings. The van der Waals surface area contributed by atoms with Crippen molar-refractivity contribution < 1.29 is 14.3 Å². The molecule has 3 aromatic rings. The minimum absolute atomic E-state index is 0.177. The highest BCUT2D eigenvalue weighted by Gasteiger charge is 2.13. The second-order valence-corrected chi connectivity index (χ2v) is 7.64. The number of hydrogen-bond acceptors (Lipinski definition) is 5. The number of anilines is 3. The molecule has 6 heteroatoms. The predicted octanol–water partition coefficient (Wildman–Crippen LogP) is 5.02. The van der Waals surface area contributed by atoms with Crippen molar-refractivity contribution in [2.45, 2.75) is 26.3 Å². The third-order valence-electron chi connectivity index (χ3n) is 4.27. The smallest absolute Gasteiger partial charge is 0.310 e. The van der Waals surface area contributed by atoms with E-state index in [4.69, 9.17) is 4.74 Å². The van der Waals surface area contributed by atoms with Crippen molar-refractivity contribution in [2.24, 2.45) is 0 Å². The van der Waals surface area contributed by atoms with Crippen LogP contribution in [0.4, 0.5) is 17.1 Å². The van der Waals surface area contributed by atoms with Crippen molar-refractivity contribution in [3.05, 3.63) is 77.0 Å². The summed E-state index contributed by atoms with van der Waals surface area (Å²) in [4.78, 5) is 26.1. The van der Waals surface area contributed by atoms with Gasteiger partial charge in [-0.25, -0.2) is 0 Å². The molecular weight excluding hydrogens is 384 g/mol. The summed E-state index contributed by atoms with van der Waals surface area (Å²) in [5.74, 6) is -0.774. The predicted molar refractivity (Wildman–Crippen MR) is 118 cm³/mol. The highest BCUT2D eigenvalue weighted by atomic mass is 32.1. The van der Waals surface area contributed by atoms with E-state index in [0.29, 0.717) is 5.69 Å². The summed E-state index contributed by atoms with van der Waals surface area (Å²) >= 11 is 1.52. The van der Waals surface area contributed by atoms with E-state index in [1.165, 1.54) is 11.3 Å². The van der Waals surface area contributed by atoms with Gasteiger partial charge in [-0.1, -0.05) is 18.2 Å². The normalized spacial score (nSPS) is 10.6. The van der Waals surface area contributed by atoms with Crippen LogP contribution in [0.2, 0.25) is 0 Å². The Labute approximate surface area is 174 Å². The number of para-hydroxylation sites is 1. The van der Waals surface area contributed by atoms with E-state index in [1.54, 1.807) is 0 Å². The average molecular weight is 409 g/mol. The van der Waals surface area contributed by atoms with Gasteiger partial charge >= 0.3 is 5.97 Å². The molecule has 1 N–H and O–H groups in total. The maximum absolute atomic E-state index is 12.1. The molecule has 0 spiro atoms. The summed E-state index contributed by atoms with van der Waals surface area (Å²) in [5, 5.41) is 6.55. The maximum atomic E-state index is 12.1. The fourth-order valence-electron chi connectivity index (χ4n) is 2.99. The summed E-state index contributed by atoms with van der Waals surface area (Å²) in [7, 11) is 0. The Morgan fingerprint density at radius 1 is 1.00 bits per heavy atom. The van der Waals surface area contributed by atoms with Crippen LogP contribution in [0.3, 0.4) is 0 Å². The summed E-state index contributed by atoms with van der Waals surface area (Å²) < 4.78 is 5.05. The summed E-state index contributed by atoms with van der Waals surface area (Å²) in [6, 6.07) is 19.9. The fourth-order valence-corrected chi connectivity index (χ4v) is 3.66. The molecule has 0 fully saturated rings. The van der Waals surface area contributed by atoms with E-state index in [-0.39, 0.29) is 25.0 Å². The number of ether oxygens (including phenoxy) is 1. The molecule has 0 bridgehead atoms. The van der Waals surface area contributed by atoms with Gasteiger partial charge in [0.15, 0.2) is 6.61 Å². The molecule has 29 heavy (non-hydrogen) atoms. The van der Waals surface area contributed by atoms with Crippen LogP contribution < -0.4 is 10.2 Å². The van der Waals surface area contributed by atoms with Crippen LogP contribution in [-0.2, 0) is 20.7 Å². The molecule has 150 valence electrons. The van der Waals surface area contributed by atoms with Crippen LogP contribution in [0.1, 0.15) is 19.4 Å². The molecule has 3 rings (SSSR count). The van der Waals surface area contributed by atoms with Crippen molar-refractivity contribution >= 4 is 40.3 Å². The Morgan fingerprint density at radius 3 is 2.31 bits per heavy atom.